The number of nitrogens with zero attached hydrogens (tertiary/aromatic N) is 1. The zero-order chi connectivity index (χ0) is 15.0. The second-order valence-electron chi connectivity index (χ2n) is 4.41. The molecule has 0 spiro atoms. The van der Waals surface area contributed by atoms with E-state index in [9.17, 15) is 13.2 Å². The minimum Gasteiger partial charge on any atom is -0.315 e. The van der Waals surface area contributed by atoms with E-state index in [-0.39, 0.29) is 4.21 Å². The predicted molar refractivity (Wildman–Crippen MR) is 82.2 cm³/mol. The highest BCUT2D eigenvalue weighted by Gasteiger charge is 2.21. The molecule has 0 aliphatic rings. The molecule has 2 aromatic heterocycles. The van der Waals surface area contributed by atoms with Gasteiger partial charge in [0.15, 0.2) is 4.21 Å². The molecule has 108 valence electrons. The van der Waals surface area contributed by atoms with Crippen LogP contribution in [-0.2, 0) is 10.0 Å². The molecule has 3 rings (SSSR count). The Bertz CT molecular complexity index is 968. The summed E-state index contributed by atoms with van der Waals surface area (Å²) in [5.74, 6) is 0. The Morgan fingerprint density at radius 3 is 2.71 bits per heavy atom. The first-order valence-corrected chi connectivity index (χ1v) is 8.33. The number of hydrogen-bond donors (Lipinski definition) is 2. The topological polar surface area (TPSA) is 91.9 Å². The van der Waals surface area contributed by atoms with Gasteiger partial charge in [-0.05, 0) is 19.1 Å². The highest BCUT2D eigenvalue weighted by Crippen LogP contribution is 2.25. The van der Waals surface area contributed by atoms with Gasteiger partial charge in [0.05, 0.1) is 11.2 Å². The maximum atomic E-state index is 12.4. The second kappa shape index (κ2) is 4.97. The summed E-state index contributed by atoms with van der Waals surface area (Å²) in [5.41, 5.74) is 1.27. The summed E-state index contributed by atoms with van der Waals surface area (Å²) in [6.45, 7) is 1.55. The lowest BCUT2D eigenvalue weighted by atomic mass is 10.2. The number of rotatable bonds is 3. The first-order chi connectivity index (χ1) is 9.97. The highest BCUT2D eigenvalue weighted by molar-refractivity contribution is 7.94. The van der Waals surface area contributed by atoms with Crippen molar-refractivity contribution in [3.63, 3.8) is 0 Å². The van der Waals surface area contributed by atoms with Gasteiger partial charge in [0, 0.05) is 17.3 Å². The molecule has 1 aromatic carbocycles. The first kappa shape index (κ1) is 13.8. The molecule has 2 N–H and O–H groups in total. The molecule has 0 amide bonds. The number of fused-ring (bicyclic) bond motifs is 1. The third-order valence-corrected chi connectivity index (χ3v) is 5.87. The van der Waals surface area contributed by atoms with Crippen molar-refractivity contribution in [3.05, 3.63) is 51.9 Å². The van der Waals surface area contributed by atoms with Crippen LogP contribution >= 0.6 is 11.3 Å². The molecule has 0 unspecified atom stereocenters. The Balaban J connectivity index is 2.10. The smallest absolute Gasteiger partial charge is 0.306 e. The van der Waals surface area contributed by atoms with Crippen LogP contribution in [0.1, 0.15) is 5.69 Å². The van der Waals surface area contributed by atoms with E-state index in [1.807, 2.05) is 12.1 Å². The average Bonchev–Trinajstić information content (AvgIpc) is 2.79. The fraction of sp³-hybridized carbons (Fsp3) is 0.0769. The van der Waals surface area contributed by atoms with Crippen molar-refractivity contribution in [2.75, 3.05) is 4.72 Å². The van der Waals surface area contributed by atoms with Crippen molar-refractivity contribution < 1.29 is 8.42 Å². The lowest BCUT2D eigenvalue weighted by Crippen LogP contribution is -2.13. The Morgan fingerprint density at radius 1 is 1.24 bits per heavy atom. The molecule has 8 heteroatoms. The number of pyridine rings is 1. The normalized spacial score (nSPS) is 11.7. The highest BCUT2D eigenvalue weighted by atomic mass is 32.2. The van der Waals surface area contributed by atoms with Gasteiger partial charge in [-0.25, -0.2) is 8.42 Å². The van der Waals surface area contributed by atoms with Gasteiger partial charge in [0.2, 0.25) is 0 Å². The Labute approximate surface area is 124 Å². The van der Waals surface area contributed by atoms with E-state index in [0.29, 0.717) is 28.2 Å². The molecule has 0 radical (unpaired) electrons. The molecule has 2 heterocycles. The fourth-order valence-corrected chi connectivity index (χ4v) is 4.39. The van der Waals surface area contributed by atoms with Crippen LogP contribution < -0.4 is 9.60 Å². The molecule has 0 atom stereocenters. The number of H-pyrrole nitrogens is 1. The quantitative estimate of drug-likeness (QED) is 0.772. The number of sulfonamides is 1. The molecule has 0 saturated carbocycles. The molecular formula is C13H11N3O3S2. The number of thiazole rings is 1. The van der Waals surface area contributed by atoms with Gasteiger partial charge in [-0.15, -0.1) is 0 Å². The van der Waals surface area contributed by atoms with Crippen LogP contribution in [0.4, 0.5) is 5.69 Å². The van der Waals surface area contributed by atoms with Crippen molar-refractivity contribution in [3.8, 4) is 0 Å². The maximum Gasteiger partial charge on any atom is 0.306 e. The van der Waals surface area contributed by atoms with E-state index in [2.05, 4.69) is 14.7 Å². The van der Waals surface area contributed by atoms with Gasteiger partial charge < -0.3 is 4.98 Å². The number of nitrogens with one attached hydrogen (secondary N) is 2. The molecule has 0 bridgehead atoms. The van der Waals surface area contributed by atoms with Gasteiger partial charge in [0.25, 0.3) is 10.0 Å². The van der Waals surface area contributed by atoms with Crippen LogP contribution in [0.5, 0.6) is 0 Å². The van der Waals surface area contributed by atoms with Crippen LogP contribution in [0, 0.1) is 6.92 Å². The largest absolute Gasteiger partial charge is 0.315 e. The third-order valence-electron chi connectivity index (χ3n) is 2.90. The third kappa shape index (κ3) is 2.55. The standard InChI is InChI=1S/C13H11N3O3S2/c1-8-12(20-13(17)15-8)21(18,19)16-10-6-2-4-9-5-3-7-14-11(9)10/h2-7,16H,1H3,(H,15,17). The Kier molecular flexibility index (Phi) is 3.26. The monoisotopic (exact) mass is 321 g/mol. The predicted octanol–water partition coefficient (Wildman–Crippen LogP) is 2.09. The fourth-order valence-electron chi connectivity index (χ4n) is 2.02. The van der Waals surface area contributed by atoms with Gasteiger partial charge in [-0.1, -0.05) is 29.5 Å². The second-order valence-corrected chi connectivity index (χ2v) is 7.27. The molecule has 0 saturated heterocycles. The molecule has 0 fully saturated rings. The number of para-hydroxylation sites is 1. The molecular weight excluding hydrogens is 310 g/mol. The lowest BCUT2D eigenvalue weighted by molar-refractivity contribution is 0.602. The van der Waals surface area contributed by atoms with E-state index < -0.39 is 14.9 Å². The van der Waals surface area contributed by atoms with Gasteiger partial charge in [-0.2, -0.15) is 0 Å². The summed E-state index contributed by atoms with van der Waals surface area (Å²) < 4.78 is 27.3. The number of anilines is 1. The zero-order valence-corrected chi connectivity index (χ0v) is 12.6. The maximum absolute atomic E-state index is 12.4. The number of aryl methyl sites for hydroxylation is 1. The number of aromatic nitrogens is 2. The molecule has 0 aliphatic heterocycles. The van der Waals surface area contributed by atoms with Crippen LogP contribution in [0.25, 0.3) is 10.9 Å². The molecule has 6 nitrogen and oxygen atoms in total. The number of aromatic amines is 1. The average molecular weight is 321 g/mol. The van der Waals surface area contributed by atoms with Gasteiger partial charge >= 0.3 is 4.87 Å². The van der Waals surface area contributed by atoms with Crippen LogP contribution in [0.2, 0.25) is 0 Å². The molecule has 21 heavy (non-hydrogen) atoms. The van der Waals surface area contributed by atoms with Crippen molar-refractivity contribution in [2.24, 2.45) is 0 Å². The molecule has 3 aromatic rings. The van der Waals surface area contributed by atoms with Crippen LogP contribution in [-0.4, -0.2) is 18.4 Å². The van der Waals surface area contributed by atoms with E-state index in [0.717, 1.165) is 5.39 Å². The van der Waals surface area contributed by atoms with E-state index in [1.54, 1.807) is 31.3 Å². The SMILES string of the molecule is Cc1[nH]c(=O)sc1S(=O)(=O)Nc1cccc2cccnc12. The van der Waals surface area contributed by atoms with Gasteiger partial charge in [0.1, 0.15) is 0 Å². The summed E-state index contributed by atoms with van der Waals surface area (Å²) in [6.07, 6.45) is 1.60. The summed E-state index contributed by atoms with van der Waals surface area (Å²) in [5, 5.41) is 0.830. The minimum atomic E-state index is -3.82. The summed E-state index contributed by atoms with van der Waals surface area (Å²) in [6, 6.07) is 8.86. The van der Waals surface area contributed by atoms with E-state index >= 15 is 0 Å². The van der Waals surface area contributed by atoms with E-state index in [4.69, 9.17) is 0 Å². The van der Waals surface area contributed by atoms with Crippen LogP contribution in [0.3, 0.4) is 0 Å². The summed E-state index contributed by atoms with van der Waals surface area (Å²) >= 11 is 0.664. The summed E-state index contributed by atoms with van der Waals surface area (Å²) in [7, 11) is -3.82. The Hall–Kier alpha value is -2.19. The number of hydrogen-bond acceptors (Lipinski definition) is 5. The summed E-state index contributed by atoms with van der Waals surface area (Å²) in [4.78, 5) is 17.5. The van der Waals surface area contributed by atoms with Crippen molar-refractivity contribution in [2.45, 2.75) is 11.1 Å². The van der Waals surface area contributed by atoms with Gasteiger partial charge in [-0.3, -0.25) is 14.5 Å². The molecule has 0 aliphatic carbocycles. The lowest BCUT2D eigenvalue weighted by Gasteiger charge is -2.09. The first-order valence-electron chi connectivity index (χ1n) is 6.04. The van der Waals surface area contributed by atoms with Crippen molar-refractivity contribution in [1.82, 2.24) is 9.97 Å². The zero-order valence-electron chi connectivity index (χ0n) is 11.0. The minimum absolute atomic E-state index is 0.0135. The van der Waals surface area contributed by atoms with Crippen LogP contribution in [0.15, 0.2) is 45.5 Å². The van der Waals surface area contributed by atoms with Crippen molar-refractivity contribution >= 4 is 38.0 Å². The number of benzene rings is 1. The Morgan fingerprint density at radius 2 is 2.00 bits per heavy atom. The van der Waals surface area contributed by atoms with E-state index in [1.165, 1.54) is 0 Å². The van der Waals surface area contributed by atoms with Crippen molar-refractivity contribution in [1.29, 1.82) is 0 Å².